The lowest BCUT2D eigenvalue weighted by Crippen LogP contribution is -2.56. The second-order valence-corrected chi connectivity index (χ2v) is 8.33. The van der Waals surface area contributed by atoms with Gasteiger partial charge in [0, 0.05) is 35.3 Å². The minimum absolute atomic E-state index is 0.123. The van der Waals surface area contributed by atoms with Crippen molar-refractivity contribution in [1.82, 2.24) is 9.88 Å². The van der Waals surface area contributed by atoms with Crippen molar-refractivity contribution in [1.29, 1.82) is 0 Å². The van der Waals surface area contributed by atoms with Gasteiger partial charge in [0.1, 0.15) is 5.75 Å². The van der Waals surface area contributed by atoms with Gasteiger partial charge in [-0.3, -0.25) is 4.90 Å². The molecule has 1 aromatic heterocycles. The molecule has 5 heteroatoms. The lowest BCUT2D eigenvalue weighted by molar-refractivity contribution is -0.137. The number of hydrogen-bond donors (Lipinski definition) is 1. The van der Waals surface area contributed by atoms with Gasteiger partial charge in [-0.05, 0) is 49.3 Å². The van der Waals surface area contributed by atoms with Crippen LogP contribution in [0, 0.1) is 11.8 Å². The van der Waals surface area contributed by atoms with Crippen LogP contribution >= 0.6 is 0 Å². The average Bonchev–Trinajstić information content (AvgIpc) is 3.11. The summed E-state index contributed by atoms with van der Waals surface area (Å²) in [6.45, 7) is 10.6. The van der Waals surface area contributed by atoms with Gasteiger partial charge in [0.15, 0.2) is 0 Å². The quantitative estimate of drug-likeness (QED) is 0.641. The number of hydrogen-bond acceptors (Lipinski definition) is 4. The molecule has 3 atom stereocenters. The van der Waals surface area contributed by atoms with Gasteiger partial charge in [-0.1, -0.05) is 26.0 Å². The molecule has 0 bridgehead atoms. The van der Waals surface area contributed by atoms with E-state index in [1.165, 1.54) is 23.8 Å². The summed E-state index contributed by atoms with van der Waals surface area (Å²) in [6.07, 6.45) is 2.90. The van der Waals surface area contributed by atoms with Crippen LogP contribution in [0.5, 0.6) is 5.75 Å². The summed E-state index contributed by atoms with van der Waals surface area (Å²) in [5, 5.41) is 1.20. The van der Waals surface area contributed by atoms with E-state index in [0.29, 0.717) is 11.5 Å². The van der Waals surface area contributed by atoms with Crippen LogP contribution in [0.15, 0.2) is 30.4 Å². The summed E-state index contributed by atoms with van der Waals surface area (Å²) >= 11 is 0. The molecule has 1 N–H and O–H groups in total. The summed E-state index contributed by atoms with van der Waals surface area (Å²) in [6, 6.07) is 6.17. The van der Waals surface area contributed by atoms with Crippen LogP contribution in [0.3, 0.4) is 0 Å². The third-order valence-electron chi connectivity index (χ3n) is 7.04. The minimum Gasteiger partial charge on any atom is -0.496 e. The Balaban J connectivity index is 1.81. The Labute approximate surface area is 166 Å². The topological polar surface area (TPSA) is 54.6 Å². The number of fused-ring (bicyclic) bond motifs is 5. The monoisotopic (exact) mass is 382 g/mol. The van der Waals surface area contributed by atoms with Crippen LogP contribution in [0.2, 0.25) is 0 Å². The molecule has 1 aromatic carbocycles. The third kappa shape index (κ3) is 2.67. The summed E-state index contributed by atoms with van der Waals surface area (Å²) in [5.74, 6) is 1.18. The molecule has 0 spiro atoms. The van der Waals surface area contributed by atoms with E-state index in [-0.39, 0.29) is 17.4 Å². The highest BCUT2D eigenvalue weighted by atomic mass is 16.5. The van der Waals surface area contributed by atoms with Crippen molar-refractivity contribution < 1.29 is 14.3 Å². The molecule has 0 amide bonds. The van der Waals surface area contributed by atoms with E-state index >= 15 is 0 Å². The van der Waals surface area contributed by atoms with Gasteiger partial charge in [-0.2, -0.15) is 0 Å². The average molecular weight is 383 g/mol. The Morgan fingerprint density at radius 3 is 2.86 bits per heavy atom. The highest BCUT2D eigenvalue weighted by Gasteiger charge is 2.49. The number of nitrogens with one attached hydrogen (secondary N) is 1. The van der Waals surface area contributed by atoms with E-state index in [4.69, 9.17) is 9.47 Å². The predicted molar refractivity (Wildman–Crippen MR) is 111 cm³/mol. The number of esters is 1. The number of carbonyl (C=O) groups is 1. The van der Waals surface area contributed by atoms with Crippen molar-refractivity contribution in [2.24, 2.45) is 11.8 Å². The lowest BCUT2D eigenvalue weighted by atomic mass is 9.68. The zero-order chi connectivity index (χ0) is 20.1. The Kier molecular flexibility index (Phi) is 4.74. The van der Waals surface area contributed by atoms with Crippen LogP contribution < -0.4 is 4.74 Å². The molecule has 4 rings (SSSR count). The summed E-state index contributed by atoms with van der Waals surface area (Å²) in [7, 11) is 3.17. The number of aromatic amines is 1. The van der Waals surface area contributed by atoms with E-state index in [2.05, 4.69) is 36.4 Å². The van der Waals surface area contributed by atoms with Gasteiger partial charge in [-0.25, -0.2) is 4.79 Å². The van der Waals surface area contributed by atoms with Gasteiger partial charge in [0.2, 0.25) is 0 Å². The van der Waals surface area contributed by atoms with Crippen LogP contribution in [0.25, 0.3) is 10.9 Å². The molecule has 2 aliphatic heterocycles. The number of methoxy groups -OCH3 is 2. The van der Waals surface area contributed by atoms with E-state index < -0.39 is 0 Å². The second-order valence-electron chi connectivity index (χ2n) is 8.33. The number of ether oxygens (including phenoxy) is 2. The zero-order valence-electron chi connectivity index (χ0n) is 17.3. The van der Waals surface area contributed by atoms with Crippen molar-refractivity contribution >= 4 is 16.9 Å². The Morgan fingerprint density at radius 2 is 2.18 bits per heavy atom. The fourth-order valence-corrected chi connectivity index (χ4v) is 5.45. The number of piperidine rings is 1. The molecular weight excluding hydrogens is 352 g/mol. The molecule has 5 nitrogen and oxygen atoms in total. The largest absolute Gasteiger partial charge is 0.496 e. The standard InChI is InChI=1S/C23H30N2O3/c1-6-15-13-25-11-10-16-20-18(8-7-9-19(20)27-4)24-21(16)23(25,3)12-17(15)14(2)22(26)28-5/h7-9,15,17,24H,2,6,10-13H2,1,3-5H3/t15-,17-,23+/m1/s1. The number of carbonyl (C=O) groups excluding carboxylic acids is 1. The van der Waals surface area contributed by atoms with Crippen molar-refractivity contribution in [2.45, 2.75) is 38.6 Å². The maximum Gasteiger partial charge on any atom is 0.333 e. The first kappa shape index (κ1) is 19.1. The van der Waals surface area contributed by atoms with Gasteiger partial charge < -0.3 is 14.5 Å². The maximum absolute atomic E-state index is 12.2. The maximum atomic E-state index is 12.2. The first-order valence-electron chi connectivity index (χ1n) is 10.1. The lowest BCUT2D eigenvalue weighted by Gasteiger charge is -2.53. The van der Waals surface area contributed by atoms with Crippen LogP contribution in [-0.2, 0) is 21.5 Å². The summed E-state index contributed by atoms with van der Waals surface area (Å²) in [4.78, 5) is 18.5. The number of H-pyrrole nitrogens is 1. The third-order valence-corrected chi connectivity index (χ3v) is 7.04. The second kappa shape index (κ2) is 6.96. The Bertz CT molecular complexity index is 931. The Hall–Kier alpha value is -2.27. The van der Waals surface area contributed by atoms with Crippen molar-refractivity contribution in [3.63, 3.8) is 0 Å². The summed E-state index contributed by atoms with van der Waals surface area (Å²) in [5.41, 5.74) is 4.17. The molecule has 0 aliphatic carbocycles. The molecule has 0 radical (unpaired) electrons. The van der Waals surface area contributed by atoms with Gasteiger partial charge in [0.05, 0.1) is 19.8 Å². The van der Waals surface area contributed by atoms with Gasteiger partial charge >= 0.3 is 5.97 Å². The SMILES string of the molecule is C=C(C(=O)OC)[C@H]1C[C@@]2(C)c3[nH]c4cccc(OC)c4c3CCN2C[C@H]1CC. The van der Waals surface area contributed by atoms with Crippen LogP contribution in [0.4, 0.5) is 0 Å². The molecule has 2 aliphatic rings. The first-order valence-corrected chi connectivity index (χ1v) is 10.1. The zero-order valence-corrected chi connectivity index (χ0v) is 17.3. The Morgan fingerprint density at radius 1 is 1.39 bits per heavy atom. The van der Waals surface area contributed by atoms with E-state index in [9.17, 15) is 4.79 Å². The van der Waals surface area contributed by atoms with Crippen molar-refractivity contribution in [3.05, 3.63) is 41.6 Å². The first-order chi connectivity index (χ1) is 13.4. The molecular formula is C23H30N2O3. The smallest absolute Gasteiger partial charge is 0.333 e. The number of nitrogens with zero attached hydrogens (tertiary/aromatic N) is 1. The number of benzene rings is 1. The molecule has 0 unspecified atom stereocenters. The predicted octanol–water partition coefficient (Wildman–Crippen LogP) is 4.03. The molecule has 1 saturated heterocycles. The fraction of sp³-hybridized carbons (Fsp3) is 0.522. The van der Waals surface area contributed by atoms with Crippen molar-refractivity contribution in [2.75, 3.05) is 27.3 Å². The highest BCUT2D eigenvalue weighted by molar-refractivity contribution is 5.91. The minimum atomic E-state index is -0.283. The van der Waals surface area contributed by atoms with Crippen LogP contribution in [0.1, 0.15) is 37.9 Å². The van der Waals surface area contributed by atoms with E-state index in [1.54, 1.807) is 7.11 Å². The molecule has 150 valence electrons. The molecule has 2 aromatic rings. The fourth-order valence-electron chi connectivity index (χ4n) is 5.45. The van der Waals surface area contributed by atoms with E-state index in [1.807, 2.05) is 12.1 Å². The van der Waals surface area contributed by atoms with Crippen molar-refractivity contribution in [3.8, 4) is 5.75 Å². The molecule has 3 heterocycles. The molecule has 0 saturated carbocycles. The normalized spacial score (nSPS) is 27.1. The number of rotatable bonds is 4. The van der Waals surface area contributed by atoms with Gasteiger partial charge in [-0.15, -0.1) is 0 Å². The van der Waals surface area contributed by atoms with Crippen LogP contribution in [-0.4, -0.2) is 43.2 Å². The van der Waals surface area contributed by atoms with E-state index in [0.717, 1.165) is 43.6 Å². The molecule has 1 fully saturated rings. The summed E-state index contributed by atoms with van der Waals surface area (Å²) < 4.78 is 10.7. The number of aromatic nitrogens is 1. The highest BCUT2D eigenvalue weighted by Crippen LogP contribution is 2.50. The molecule has 28 heavy (non-hydrogen) atoms. The van der Waals surface area contributed by atoms with Gasteiger partial charge in [0.25, 0.3) is 0 Å².